The van der Waals surface area contributed by atoms with E-state index in [1.54, 1.807) is 7.05 Å². The summed E-state index contributed by atoms with van der Waals surface area (Å²) in [5, 5.41) is 3.17. The SMILES string of the molecule is CNc1nc(Cl)nc(N2CCN3CCCCC3C2)n1. The second-order valence-electron chi connectivity index (χ2n) is 5.11. The van der Waals surface area contributed by atoms with Gasteiger partial charge in [-0.05, 0) is 31.0 Å². The average Bonchev–Trinajstić information content (AvgIpc) is 2.46. The zero-order valence-electron chi connectivity index (χ0n) is 11.1. The van der Waals surface area contributed by atoms with Crippen LogP contribution in [-0.2, 0) is 0 Å². The van der Waals surface area contributed by atoms with Crippen molar-refractivity contribution in [1.29, 1.82) is 0 Å². The van der Waals surface area contributed by atoms with E-state index in [2.05, 4.69) is 30.1 Å². The minimum atomic E-state index is 0.250. The molecular weight excluding hydrogens is 264 g/mol. The number of anilines is 2. The molecule has 1 atom stereocenters. The van der Waals surface area contributed by atoms with E-state index in [0.717, 1.165) is 19.6 Å². The number of fused-ring (bicyclic) bond motifs is 1. The van der Waals surface area contributed by atoms with Crippen LogP contribution >= 0.6 is 11.6 Å². The first-order valence-electron chi connectivity index (χ1n) is 6.84. The van der Waals surface area contributed by atoms with Crippen molar-refractivity contribution in [1.82, 2.24) is 19.9 Å². The van der Waals surface area contributed by atoms with Crippen LogP contribution in [0.25, 0.3) is 0 Å². The molecule has 1 aromatic rings. The Bertz CT molecular complexity index is 454. The third-order valence-electron chi connectivity index (χ3n) is 3.94. The predicted molar refractivity (Wildman–Crippen MR) is 75.8 cm³/mol. The van der Waals surface area contributed by atoms with E-state index in [-0.39, 0.29) is 5.28 Å². The summed E-state index contributed by atoms with van der Waals surface area (Å²) in [7, 11) is 1.79. The Morgan fingerprint density at radius 3 is 2.89 bits per heavy atom. The van der Waals surface area contributed by atoms with Crippen LogP contribution in [0.3, 0.4) is 0 Å². The van der Waals surface area contributed by atoms with E-state index in [1.807, 2.05) is 0 Å². The maximum absolute atomic E-state index is 5.95. The highest BCUT2D eigenvalue weighted by atomic mass is 35.5. The number of halogens is 1. The number of hydrogen-bond acceptors (Lipinski definition) is 6. The second-order valence-corrected chi connectivity index (χ2v) is 5.45. The molecule has 0 amide bonds. The molecule has 1 unspecified atom stereocenters. The van der Waals surface area contributed by atoms with Crippen molar-refractivity contribution in [2.45, 2.75) is 25.3 Å². The predicted octanol–water partition coefficient (Wildman–Crippen LogP) is 1.24. The van der Waals surface area contributed by atoms with E-state index in [9.17, 15) is 0 Å². The molecular formula is C12H19ClN6. The molecule has 104 valence electrons. The van der Waals surface area contributed by atoms with Crippen LogP contribution in [0.4, 0.5) is 11.9 Å². The van der Waals surface area contributed by atoms with Crippen LogP contribution < -0.4 is 10.2 Å². The van der Waals surface area contributed by atoms with Gasteiger partial charge < -0.3 is 10.2 Å². The number of nitrogens with zero attached hydrogens (tertiary/aromatic N) is 5. The Hall–Kier alpha value is -1.14. The molecule has 0 spiro atoms. The molecule has 2 aliphatic heterocycles. The molecule has 0 radical (unpaired) electrons. The monoisotopic (exact) mass is 282 g/mol. The van der Waals surface area contributed by atoms with Crippen LogP contribution in [-0.4, -0.2) is 59.1 Å². The van der Waals surface area contributed by atoms with Gasteiger partial charge in [-0.1, -0.05) is 6.42 Å². The Labute approximate surface area is 118 Å². The lowest BCUT2D eigenvalue weighted by Gasteiger charge is -2.44. The molecule has 0 bridgehead atoms. The average molecular weight is 283 g/mol. The maximum atomic E-state index is 5.95. The van der Waals surface area contributed by atoms with Crippen molar-refractivity contribution < 1.29 is 0 Å². The lowest BCUT2D eigenvalue weighted by atomic mass is 10.00. The fraction of sp³-hybridized carbons (Fsp3) is 0.750. The van der Waals surface area contributed by atoms with Crippen molar-refractivity contribution in [3.63, 3.8) is 0 Å². The third kappa shape index (κ3) is 2.74. The Morgan fingerprint density at radius 2 is 2.05 bits per heavy atom. The molecule has 2 aliphatic rings. The van der Waals surface area contributed by atoms with E-state index < -0.39 is 0 Å². The van der Waals surface area contributed by atoms with Gasteiger partial charge in [0.2, 0.25) is 17.2 Å². The van der Waals surface area contributed by atoms with E-state index >= 15 is 0 Å². The van der Waals surface area contributed by atoms with Crippen molar-refractivity contribution >= 4 is 23.5 Å². The zero-order chi connectivity index (χ0) is 13.2. The standard InChI is InChI=1S/C12H19ClN6/c1-14-11-15-10(13)16-12(17-11)19-7-6-18-5-3-2-4-9(18)8-19/h9H,2-8H2,1H3,(H,14,15,16,17). The number of nitrogens with one attached hydrogen (secondary N) is 1. The number of rotatable bonds is 2. The van der Waals surface area contributed by atoms with Crippen molar-refractivity contribution in [2.24, 2.45) is 0 Å². The molecule has 7 heteroatoms. The summed E-state index contributed by atoms with van der Waals surface area (Å²) >= 11 is 5.95. The normalized spacial score (nSPS) is 24.1. The number of aromatic nitrogens is 3. The van der Waals surface area contributed by atoms with E-state index in [4.69, 9.17) is 11.6 Å². The van der Waals surface area contributed by atoms with Crippen molar-refractivity contribution in [3.05, 3.63) is 5.28 Å². The summed E-state index contributed by atoms with van der Waals surface area (Å²) in [5.74, 6) is 1.22. The highest BCUT2D eigenvalue weighted by molar-refractivity contribution is 6.28. The molecule has 6 nitrogen and oxygen atoms in total. The number of piperidine rings is 1. The number of hydrogen-bond donors (Lipinski definition) is 1. The van der Waals surface area contributed by atoms with Gasteiger partial charge in [0.15, 0.2) is 0 Å². The Balaban J connectivity index is 1.77. The fourth-order valence-electron chi connectivity index (χ4n) is 2.93. The molecule has 0 saturated carbocycles. The molecule has 2 saturated heterocycles. The van der Waals surface area contributed by atoms with Crippen LogP contribution in [0.5, 0.6) is 0 Å². The summed E-state index contributed by atoms with van der Waals surface area (Å²) in [4.78, 5) is 17.5. The Kier molecular flexibility index (Phi) is 3.70. The molecule has 3 rings (SSSR count). The smallest absolute Gasteiger partial charge is 0.231 e. The van der Waals surface area contributed by atoms with Gasteiger partial charge >= 0.3 is 0 Å². The summed E-state index contributed by atoms with van der Waals surface area (Å²) < 4.78 is 0. The van der Waals surface area contributed by atoms with Gasteiger partial charge in [0.25, 0.3) is 0 Å². The van der Waals surface area contributed by atoms with Crippen LogP contribution in [0, 0.1) is 0 Å². The van der Waals surface area contributed by atoms with Crippen molar-refractivity contribution in [3.8, 4) is 0 Å². The minimum absolute atomic E-state index is 0.250. The van der Waals surface area contributed by atoms with Gasteiger partial charge in [-0.15, -0.1) is 0 Å². The largest absolute Gasteiger partial charge is 0.357 e. The quantitative estimate of drug-likeness (QED) is 0.881. The topological polar surface area (TPSA) is 57.2 Å². The summed E-state index contributed by atoms with van der Waals surface area (Å²) in [6, 6.07) is 0.635. The van der Waals surface area contributed by atoms with Crippen LogP contribution in [0.1, 0.15) is 19.3 Å². The highest BCUT2D eigenvalue weighted by Gasteiger charge is 2.30. The van der Waals surface area contributed by atoms with Crippen molar-refractivity contribution in [2.75, 3.05) is 43.4 Å². The lowest BCUT2D eigenvalue weighted by molar-refractivity contribution is 0.133. The van der Waals surface area contributed by atoms with Gasteiger partial charge in [0.05, 0.1) is 0 Å². The van der Waals surface area contributed by atoms with Crippen LogP contribution in [0.2, 0.25) is 5.28 Å². The van der Waals surface area contributed by atoms with Gasteiger partial charge in [0, 0.05) is 32.7 Å². The molecule has 1 aromatic heterocycles. The fourth-order valence-corrected chi connectivity index (χ4v) is 3.09. The number of piperazine rings is 1. The third-order valence-corrected chi connectivity index (χ3v) is 4.11. The first-order valence-corrected chi connectivity index (χ1v) is 7.22. The molecule has 0 aliphatic carbocycles. The van der Waals surface area contributed by atoms with Gasteiger partial charge in [-0.3, -0.25) is 4.90 Å². The Morgan fingerprint density at radius 1 is 1.16 bits per heavy atom. The molecule has 0 aromatic carbocycles. The summed E-state index contributed by atoms with van der Waals surface area (Å²) in [5.41, 5.74) is 0. The van der Waals surface area contributed by atoms with Crippen LogP contribution in [0.15, 0.2) is 0 Å². The first-order chi connectivity index (χ1) is 9.26. The van der Waals surface area contributed by atoms with Gasteiger partial charge in [0.1, 0.15) is 0 Å². The first kappa shape index (κ1) is 12.9. The van der Waals surface area contributed by atoms with E-state index in [1.165, 1.54) is 25.8 Å². The molecule has 19 heavy (non-hydrogen) atoms. The molecule has 2 fully saturated rings. The molecule has 3 heterocycles. The summed E-state index contributed by atoms with van der Waals surface area (Å²) in [6.45, 7) is 4.27. The minimum Gasteiger partial charge on any atom is -0.357 e. The lowest BCUT2D eigenvalue weighted by Crippen LogP contribution is -2.55. The van der Waals surface area contributed by atoms with E-state index in [0.29, 0.717) is 17.9 Å². The highest BCUT2D eigenvalue weighted by Crippen LogP contribution is 2.24. The maximum Gasteiger partial charge on any atom is 0.231 e. The molecule has 1 N–H and O–H groups in total. The zero-order valence-corrected chi connectivity index (χ0v) is 11.9. The second kappa shape index (κ2) is 5.46. The van der Waals surface area contributed by atoms with Gasteiger partial charge in [-0.25, -0.2) is 0 Å². The van der Waals surface area contributed by atoms with Gasteiger partial charge in [-0.2, -0.15) is 15.0 Å². The summed E-state index contributed by atoms with van der Waals surface area (Å²) in [6.07, 6.45) is 3.93.